The van der Waals surface area contributed by atoms with Crippen LogP contribution in [0.25, 0.3) is 16.5 Å². The number of nitrogens with one attached hydrogen (secondary N) is 2. The van der Waals surface area contributed by atoms with Crippen molar-refractivity contribution in [2.75, 3.05) is 23.7 Å². The molecule has 7 nitrogen and oxygen atoms in total. The average Bonchev–Trinajstić information content (AvgIpc) is 3.40. The molecule has 0 atom stereocenters. The molecule has 0 radical (unpaired) electrons. The average molecular weight is 580 g/mol. The number of benzene rings is 4. The minimum atomic E-state index is -0.354. The molecular weight excluding hydrogens is 546 g/mol. The summed E-state index contributed by atoms with van der Waals surface area (Å²) in [5, 5.41) is 13.2. The van der Waals surface area contributed by atoms with Gasteiger partial charge in [-0.05, 0) is 35.6 Å². The predicted octanol–water partition coefficient (Wildman–Crippen LogP) is 7.69. The van der Waals surface area contributed by atoms with Crippen molar-refractivity contribution in [2.45, 2.75) is 32.6 Å². The molecule has 1 heterocycles. The van der Waals surface area contributed by atoms with Gasteiger partial charge in [0.2, 0.25) is 5.91 Å². The maximum absolute atomic E-state index is 13.6. The zero-order valence-electron chi connectivity index (χ0n) is 24.0. The van der Waals surface area contributed by atoms with Crippen molar-refractivity contribution in [2.24, 2.45) is 0 Å². The minimum Gasteiger partial charge on any atom is -0.315 e. The molecule has 0 aliphatic carbocycles. The highest BCUT2D eigenvalue weighted by Crippen LogP contribution is 2.29. The summed E-state index contributed by atoms with van der Waals surface area (Å²) < 4.78 is 1.64. The minimum absolute atomic E-state index is 0.151. The molecule has 0 fully saturated rings. The first-order chi connectivity index (χ1) is 20.2. The zero-order chi connectivity index (χ0) is 29.7. The van der Waals surface area contributed by atoms with Gasteiger partial charge in [-0.25, -0.2) is 9.48 Å². The van der Waals surface area contributed by atoms with Crippen LogP contribution in [0.3, 0.4) is 0 Å². The van der Waals surface area contributed by atoms with Gasteiger partial charge in [0.05, 0.1) is 22.1 Å². The van der Waals surface area contributed by atoms with Crippen molar-refractivity contribution >= 4 is 45.8 Å². The van der Waals surface area contributed by atoms with E-state index in [1.165, 1.54) is 4.90 Å². The van der Waals surface area contributed by atoms with Crippen LogP contribution in [0, 0.1) is 0 Å². The summed E-state index contributed by atoms with van der Waals surface area (Å²) >= 11 is 6.50. The fourth-order valence-corrected chi connectivity index (χ4v) is 4.91. The van der Waals surface area contributed by atoms with E-state index >= 15 is 0 Å². The fraction of sp³-hybridized carbons (Fsp3) is 0.206. The first kappa shape index (κ1) is 28.9. The highest BCUT2D eigenvalue weighted by Gasteiger charge is 2.24. The lowest BCUT2D eigenvalue weighted by molar-refractivity contribution is -0.116. The second-order valence-electron chi connectivity index (χ2n) is 11.2. The Kier molecular flexibility index (Phi) is 8.59. The van der Waals surface area contributed by atoms with E-state index in [9.17, 15) is 9.59 Å². The number of para-hydroxylation sites is 1. The predicted molar refractivity (Wildman–Crippen MR) is 171 cm³/mol. The number of hydrogen-bond donors (Lipinski definition) is 2. The molecule has 0 aliphatic heterocycles. The lowest BCUT2D eigenvalue weighted by Gasteiger charge is -2.23. The molecule has 214 valence electrons. The van der Waals surface area contributed by atoms with E-state index in [1.807, 2.05) is 97.1 Å². The van der Waals surface area contributed by atoms with Gasteiger partial charge in [0.15, 0.2) is 0 Å². The van der Waals surface area contributed by atoms with E-state index in [-0.39, 0.29) is 23.9 Å². The van der Waals surface area contributed by atoms with Gasteiger partial charge in [0.1, 0.15) is 12.4 Å². The molecule has 5 aromatic rings. The van der Waals surface area contributed by atoms with Crippen molar-refractivity contribution in [1.82, 2.24) is 14.7 Å². The number of nitrogens with zero attached hydrogens (tertiary/aromatic N) is 3. The second kappa shape index (κ2) is 12.5. The maximum atomic E-state index is 13.6. The van der Waals surface area contributed by atoms with Crippen LogP contribution < -0.4 is 10.6 Å². The van der Waals surface area contributed by atoms with Gasteiger partial charge < -0.3 is 15.5 Å². The molecule has 0 aliphatic rings. The van der Waals surface area contributed by atoms with Crippen molar-refractivity contribution in [3.8, 4) is 5.69 Å². The topological polar surface area (TPSA) is 79.3 Å². The Morgan fingerprint density at radius 3 is 2.31 bits per heavy atom. The van der Waals surface area contributed by atoms with Gasteiger partial charge in [-0.15, -0.1) is 0 Å². The standard InChI is InChI=1S/C34H34ClN5O2/c1-34(2,3)30-22-31(40(38-30)29-19-10-9-17-27(29)35)37-32(41)23-39(21-20-24-12-5-4-6-13-24)33(42)36-28-18-11-15-25-14-7-8-16-26(25)28/h4-19,22H,20-21,23H2,1-3H3,(H,36,42)(H,37,41). The molecule has 4 aromatic carbocycles. The smallest absolute Gasteiger partial charge is 0.315 e. The lowest BCUT2D eigenvalue weighted by atomic mass is 9.92. The Morgan fingerprint density at radius 2 is 1.55 bits per heavy atom. The summed E-state index contributed by atoms with van der Waals surface area (Å²) in [6.07, 6.45) is 0.600. The van der Waals surface area contributed by atoms with Gasteiger partial charge in [0.25, 0.3) is 0 Å². The Labute approximate surface area is 251 Å². The van der Waals surface area contributed by atoms with Crippen LogP contribution in [0.4, 0.5) is 16.3 Å². The van der Waals surface area contributed by atoms with Crippen molar-refractivity contribution in [3.63, 3.8) is 0 Å². The Balaban J connectivity index is 1.40. The largest absolute Gasteiger partial charge is 0.322 e. The van der Waals surface area contributed by atoms with Crippen LogP contribution in [-0.4, -0.2) is 39.7 Å². The normalized spacial score (nSPS) is 11.3. The first-order valence-electron chi connectivity index (χ1n) is 13.9. The number of fused-ring (bicyclic) bond motifs is 1. The number of carbonyl (C=O) groups is 2. The number of carbonyl (C=O) groups excluding carboxylic acids is 2. The molecule has 8 heteroatoms. The molecule has 0 bridgehead atoms. The third kappa shape index (κ3) is 6.81. The van der Waals surface area contributed by atoms with Crippen LogP contribution in [-0.2, 0) is 16.6 Å². The molecule has 0 unspecified atom stereocenters. The number of rotatable bonds is 8. The van der Waals surface area contributed by atoms with E-state index < -0.39 is 0 Å². The molecule has 42 heavy (non-hydrogen) atoms. The number of halogens is 1. The molecule has 1 aromatic heterocycles. The first-order valence-corrected chi connectivity index (χ1v) is 14.3. The van der Waals surface area contributed by atoms with Gasteiger partial charge >= 0.3 is 6.03 Å². The van der Waals surface area contributed by atoms with Crippen molar-refractivity contribution < 1.29 is 9.59 Å². The van der Waals surface area contributed by atoms with Gasteiger partial charge in [0, 0.05) is 23.4 Å². The summed E-state index contributed by atoms with van der Waals surface area (Å²) in [5.74, 6) is 0.139. The molecular formula is C34H34ClN5O2. The number of anilines is 2. The van der Waals surface area contributed by atoms with Gasteiger partial charge in [-0.3, -0.25) is 4.79 Å². The summed E-state index contributed by atoms with van der Waals surface area (Å²) in [6, 6.07) is 32.4. The third-order valence-electron chi connectivity index (χ3n) is 6.99. The molecule has 0 saturated carbocycles. The van der Waals surface area contributed by atoms with Gasteiger partial charge in [-0.2, -0.15) is 5.10 Å². The summed E-state index contributed by atoms with van der Waals surface area (Å²) in [6.45, 7) is 6.37. The van der Waals surface area contributed by atoms with E-state index in [1.54, 1.807) is 10.7 Å². The number of urea groups is 1. The van der Waals surface area contributed by atoms with Crippen LogP contribution in [0.5, 0.6) is 0 Å². The zero-order valence-corrected chi connectivity index (χ0v) is 24.7. The third-order valence-corrected chi connectivity index (χ3v) is 7.31. The Hall–Kier alpha value is -4.62. The number of amides is 3. The van der Waals surface area contributed by atoms with Crippen molar-refractivity contribution in [1.29, 1.82) is 0 Å². The molecule has 2 N–H and O–H groups in total. The van der Waals surface area contributed by atoms with Crippen LogP contribution in [0.2, 0.25) is 5.02 Å². The Bertz CT molecular complexity index is 1700. The maximum Gasteiger partial charge on any atom is 0.322 e. The summed E-state index contributed by atoms with van der Waals surface area (Å²) in [5.41, 5.74) is 2.96. The molecule has 0 spiro atoms. The molecule has 3 amide bonds. The lowest BCUT2D eigenvalue weighted by Crippen LogP contribution is -2.42. The molecule has 5 rings (SSSR count). The van der Waals surface area contributed by atoms with Crippen molar-refractivity contribution in [3.05, 3.63) is 119 Å². The summed E-state index contributed by atoms with van der Waals surface area (Å²) in [4.78, 5) is 28.7. The van der Waals surface area contributed by atoms with Crippen LogP contribution in [0.1, 0.15) is 32.0 Å². The van der Waals surface area contributed by atoms with E-state index in [2.05, 4.69) is 31.4 Å². The Morgan fingerprint density at radius 1 is 0.857 bits per heavy atom. The summed E-state index contributed by atoms with van der Waals surface area (Å²) in [7, 11) is 0. The van der Waals surface area contributed by atoms with Gasteiger partial charge in [-0.1, -0.05) is 111 Å². The van der Waals surface area contributed by atoms with E-state index in [0.717, 1.165) is 22.0 Å². The second-order valence-corrected chi connectivity index (χ2v) is 11.6. The molecule has 0 saturated heterocycles. The highest BCUT2D eigenvalue weighted by atomic mass is 35.5. The monoisotopic (exact) mass is 579 g/mol. The number of aromatic nitrogens is 2. The van der Waals surface area contributed by atoms with Crippen LogP contribution >= 0.6 is 11.6 Å². The SMILES string of the molecule is CC(C)(C)c1cc(NC(=O)CN(CCc2ccccc2)C(=O)Nc2cccc3ccccc23)n(-c2ccccc2Cl)n1. The van der Waals surface area contributed by atoms with E-state index in [4.69, 9.17) is 16.7 Å². The highest BCUT2D eigenvalue weighted by molar-refractivity contribution is 6.32. The quantitative estimate of drug-likeness (QED) is 0.198. The number of hydrogen-bond acceptors (Lipinski definition) is 3. The van der Waals surface area contributed by atoms with E-state index in [0.29, 0.717) is 35.2 Å². The fourth-order valence-electron chi connectivity index (χ4n) is 4.69. The van der Waals surface area contributed by atoms with Crippen LogP contribution in [0.15, 0.2) is 103 Å².